The van der Waals surface area contributed by atoms with E-state index in [0.29, 0.717) is 22.9 Å². The second-order valence-corrected chi connectivity index (χ2v) is 4.72. The number of carbonyl (C=O) groups is 1. The van der Waals surface area contributed by atoms with E-state index < -0.39 is 0 Å². The van der Waals surface area contributed by atoms with E-state index in [1.54, 1.807) is 18.2 Å². The molecular formula is C12H10Cl2O2. The van der Waals surface area contributed by atoms with Gasteiger partial charge < -0.3 is 5.11 Å². The lowest BCUT2D eigenvalue weighted by Gasteiger charge is -2.20. The van der Waals surface area contributed by atoms with Crippen LogP contribution in [0, 0.1) is 0 Å². The van der Waals surface area contributed by atoms with Gasteiger partial charge in [0, 0.05) is 29.0 Å². The summed E-state index contributed by atoms with van der Waals surface area (Å²) in [6.07, 6.45) is 2.11. The monoisotopic (exact) mass is 256 g/mol. The number of aliphatic hydroxyl groups excluding tert-OH is 1. The Labute approximate surface area is 103 Å². The number of ketones is 1. The Morgan fingerprint density at radius 2 is 2.00 bits per heavy atom. The molecule has 0 amide bonds. The first-order chi connectivity index (χ1) is 7.56. The van der Waals surface area contributed by atoms with Gasteiger partial charge in [-0.1, -0.05) is 29.3 Å². The zero-order chi connectivity index (χ0) is 11.7. The van der Waals surface area contributed by atoms with Crippen LogP contribution in [0.1, 0.15) is 24.3 Å². The van der Waals surface area contributed by atoms with Crippen LogP contribution in [0.25, 0.3) is 0 Å². The van der Waals surface area contributed by atoms with Crippen LogP contribution < -0.4 is 0 Å². The molecule has 1 aromatic rings. The first-order valence-corrected chi connectivity index (χ1v) is 5.69. The second-order valence-electron chi connectivity index (χ2n) is 3.87. The van der Waals surface area contributed by atoms with Gasteiger partial charge in [-0.25, -0.2) is 0 Å². The minimum Gasteiger partial charge on any atom is -0.512 e. The SMILES string of the molecule is O=C1C=C(O)CC(c2ccc(Cl)cc2Cl)C1. The Morgan fingerprint density at radius 1 is 1.25 bits per heavy atom. The van der Waals surface area contributed by atoms with E-state index in [0.717, 1.165) is 5.56 Å². The van der Waals surface area contributed by atoms with E-state index in [2.05, 4.69) is 0 Å². The van der Waals surface area contributed by atoms with Crippen molar-refractivity contribution in [3.63, 3.8) is 0 Å². The molecule has 1 atom stereocenters. The zero-order valence-corrected chi connectivity index (χ0v) is 9.92. The minimum atomic E-state index is -0.0697. The van der Waals surface area contributed by atoms with Crippen LogP contribution in [0.2, 0.25) is 10.0 Å². The molecule has 2 rings (SSSR count). The van der Waals surface area contributed by atoms with Gasteiger partial charge in [0.15, 0.2) is 5.78 Å². The highest BCUT2D eigenvalue weighted by molar-refractivity contribution is 6.35. The standard InChI is InChI=1S/C12H10Cl2O2/c13-8-1-2-11(12(14)5-8)7-3-9(15)6-10(16)4-7/h1-2,5-7,15H,3-4H2. The maximum atomic E-state index is 11.3. The molecule has 1 N–H and O–H groups in total. The normalized spacial score (nSPS) is 20.8. The molecule has 2 nitrogen and oxygen atoms in total. The van der Waals surface area contributed by atoms with Crippen LogP contribution in [0.4, 0.5) is 0 Å². The lowest BCUT2D eigenvalue weighted by atomic mass is 9.86. The van der Waals surface area contributed by atoms with Crippen LogP contribution in [-0.4, -0.2) is 10.9 Å². The summed E-state index contributed by atoms with van der Waals surface area (Å²) in [6.45, 7) is 0. The quantitative estimate of drug-likeness (QED) is 0.828. The maximum Gasteiger partial charge on any atom is 0.159 e. The molecule has 84 valence electrons. The van der Waals surface area contributed by atoms with Gasteiger partial charge in [-0.2, -0.15) is 0 Å². The highest BCUT2D eigenvalue weighted by Gasteiger charge is 2.23. The summed E-state index contributed by atoms with van der Waals surface area (Å²) in [5.74, 6) is -0.00528. The molecule has 4 heteroatoms. The van der Waals surface area contributed by atoms with E-state index in [1.807, 2.05) is 0 Å². The van der Waals surface area contributed by atoms with Crippen molar-refractivity contribution in [3.05, 3.63) is 45.6 Å². The molecule has 0 spiro atoms. The smallest absolute Gasteiger partial charge is 0.159 e. The summed E-state index contributed by atoms with van der Waals surface area (Å²) in [7, 11) is 0. The molecule has 1 aliphatic carbocycles. The number of allylic oxidation sites excluding steroid dienone is 2. The largest absolute Gasteiger partial charge is 0.512 e. The Morgan fingerprint density at radius 3 is 2.62 bits per heavy atom. The lowest BCUT2D eigenvalue weighted by molar-refractivity contribution is -0.115. The van der Waals surface area contributed by atoms with Crippen molar-refractivity contribution in [2.45, 2.75) is 18.8 Å². The summed E-state index contributed by atoms with van der Waals surface area (Å²) >= 11 is 11.9. The van der Waals surface area contributed by atoms with Crippen molar-refractivity contribution in [2.24, 2.45) is 0 Å². The summed E-state index contributed by atoms with van der Waals surface area (Å²) in [5.41, 5.74) is 0.860. The van der Waals surface area contributed by atoms with E-state index in [1.165, 1.54) is 6.08 Å². The van der Waals surface area contributed by atoms with Gasteiger partial charge in [0.25, 0.3) is 0 Å². The van der Waals surface area contributed by atoms with Crippen molar-refractivity contribution in [1.82, 2.24) is 0 Å². The molecule has 1 aliphatic rings. The van der Waals surface area contributed by atoms with Crippen molar-refractivity contribution in [1.29, 1.82) is 0 Å². The van der Waals surface area contributed by atoms with Crippen LogP contribution in [0.3, 0.4) is 0 Å². The van der Waals surface area contributed by atoms with Gasteiger partial charge in [0.05, 0.1) is 5.76 Å². The number of carbonyl (C=O) groups excluding carboxylic acids is 1. The number of rotatable bonds is 1. The fraction of sp³-hybridized carbons (Fsp3) is 0.250. The lowest BCUT2D eigenvalue weighted by Crippen LogP contribution is -2.12. The van der Waals surface area contributed by atoms with Crippen LogP contribution in [0.5, 0.6) is 0 Å². The molecule has 0 aromatic heterocycles. The maximum absolute atomic E-state index is 11.3. The molecule has 0 saturated carbocycles. The van der Waals surface area contributed by atoms with Gasteiger partial charge in [0.2, 0.25) is 0 Å². The number of aliphatic hydroxyl groups is 1. The van der Waals surface area contributed by atoms with E-state index in [9.17, 15) is 9.90 Å². The molecule has 1 aromatic carbocycles. The number of hydrogen-bond acceptors (Lipinski definition) is 2. The molecule has 0 saturated heterocycles. The van der Waals surface area contributed by atoms with Gasteiger partial charge in [0.1, 0.15) is 0 Å². The molecule has 0 bridgehead atoms. The van der Waals surface area contributed by atoms with Crippen molar-refractivity contribution >= 4 is 29.0 Å². The van der Waals surface area contributed by atoms with Crippen LogP contribution >= 0.6 is 23.2 Å². The van der Waals surface area contributed by atoms with Gasteiger partial charge in [-0.05, 0) is 23.6 Å². The first-order valence-electron chi connectivity index (χ1n) is 4.93. The summed E-state index contributed by atoms with van der Waals surface area (Å²) in [5, 5.41) is 10.5. The molecule has 0 heterocycles. The Balaban J connectivity index is 2.32. The molecule has 1 unspecified atom stereocenters. The number of halogens is 2. The predicted octanol–water partition coefficient (Wildman–Crippen LogP) is 3.88. The van der Waals surface area contributed by atoms with Gasteiger partial charge in [-0.3, -0.25) is 4.79 Å². The number of benzene rings is 1. The Hall–Kier alpha value is -0.990. The first kappa shape index (κ1) is 11.5. The van der Waals surface area contributed by atoms with Crippen molar-refractivity contribution < 1.29 is 9.90 Å². The second kappa shape index (κ2) is 4.48. The summed E-state index contributed by atoms with van der Waals surface area (Å²) in [4.78, 5) is 11.3. The summed E-state index contributed by atoms with van der Waals surface area (Å²) in [6, 6.07) is 5.20. The topological polar surface area (TPSA) is 37.3 Å². The van der Waals surface area contributed by atoms with Crippen molar-refractivity contribution in [3.8, 4) is 0 Å². The predicted molar refractivity (Wildman–Crippen MR) is 64.2 cm³/mol. The fourth-order valence-corrected chi connectivity index (χ4v) is 2.49. The molecular weight excluding hydrogens is 247 g/mol. The summed E-state index contributed by atoms with van der Waals surface area (Å²) < 4.78 is 0. The molecule has 0 aliphatic heterocycles. The number of hydrogen-bond donors (Lipinski definition) is 1. The third-order valence-electron chi connectivity index (χ3n) is 2.63. The van der Waals surface area contributed by atoms with E-state index >= 15 is 0 Å². The average Bonchev–Trinajstić information content (AvgIpc) is 2.15. The Bertz CT molecular complexity index is 466. The van der Waals surface area contributed by atoms with E-state index in [4.69, 9.17) is 23.2 Å². The van der Waals surface area contributed by atoms with E-state index in [-0.39, 0.29) is 17.5 Å². The van der Waals surface area contributed by atoms with Crippen molar-refractivity contribution in [2.75, 3.05) is 0 Å². The molecule has 0 fully saturated rings. The molecule has 0 radical (unpaired) electrons. The molecule has 16 heavy (non-hydrogen) atoms. The third-order valence-corrected chi connectivity index (χ3v) is 3.20. The van der Waals surface area contributed by atoms with Gasteiger partial charge >= 0.3 is 0 Å². The fourth-order valence-electron chi connectivity index (χ4n) is 1.92. The van der Waals surface area contributed by atoms with Crippen LogP contribution in [0.15, 0.2) is 30.0 Å². The average molecular weight is 257 g/mol. The third kappa shape index (κ3) is 2.39. The van der Waals surface area contributed by atoms with Gasteiger partial charge in [-0.15, -0.1) is 0 Å². The highest BCUT2D eigenvalue weighted by Crippen LogP contribution is 2.35. The zero-order valence-electron chi connectivity index (χ0n) is 8.41. The minimum absolute atomic E-state index is 0.0535. The Kier molecular flexibility index (Phi) is 3.22. The van der Waals surface area contributed by atoms with Crippen LogP contribution in [-0.2, 0) is 4.79 Å². The highest BCUT2D eigenvalue weighted by atomic mass is 35.5.